The second-order valence-electron chi connectivity index (χ2n) is 3.92. The minimum absolute atomic E-state index is 1.17. The maximum absolute atomic E-state index is 2.40. The highest BCUT2D eigenvalue weighted by atomic mass is 14.1. The van der Waals surface area contributed by atoms with E-state index in [9.17, 15) is 0 Å². The van der Waals surface area contributed by atoms with Crippen molar-refractivity contribution in [3.8, 4) is 0 Å². The third-order valence-electron chi connectivity index (χ3n) is 2.75. The maximum Gasteiger partial charge on any atom is -0.0276 e. The van der Waals surface area contributed by atoms with E-state index in [1.807, 2.05) is 0 Å². The Morgan fingerprint density at radius 3 is 2.43 bits per heavy atom. The number of hydrogen-bond acceptors (Lipinski definition) is 0. The SMILES string of the molecule is C\C=C/C=C1/CCCCC/C1=C/CC. The van der Waals surface area contributed by atoms with Crippen LogP contribution in [0.3, 0.4) is 0 Å². The van der Waals surface area contributed by atoms with Crippen LogP contribution in [0.25, 0.3) is 0 Å². The summed E-state index contributed by atoms with van der Waals surface area (Å²) >= 11 is 0. The van der Waals surface area contributed by atoms with Crippen molar-refractivity contribution in [3.05, 3.63) is 35.5 Å². The van der Waals surface area contributed by atoms with Crippen LogP contribution in [0.15, 0.2) is 35.5 Å². The first-order chi connectivity index (χ1) is 6.88. The van der Waals surface area contributed by atoms with E-state index >= 15 is 0 Å². The Hall–Kier alpha value is -0.780. The summed E-state index contributed by atoms with van der Waals surface area (Å²) in [6, 6.07) is 0. The van der Waals surface area contributed by atoms with E-state index in [0.29, 0.717) is 0 Å². The third-order valence-corrected chi connectivity index (χ3v) is 2.75. The zero-order valence-electron chi connectivity index (χ0n) is 9.55. The summed E-state index contributed by atoms with van der Waals surface area (Å²) in [7, 11) is 0. The minimum atomic E-state index is 1.17. The predicted molar refractivity (Wildman–Crippen MR) is 64.4 cm³/mol. The van der Waals surface area contributed by atoms with Gasteiger partial charge in [-0.3, -0.25) is 0 Å². The van der Waals surface area contributed by atoms with E-state index in [0.717, 1.165) is 0 Å². The van der Waals surface area contributed by atoms with Crippen molar-refractivity contribution in [2.45, 2.75) is 52.4 Å². The quantitative estimate of drug-likeness (QED) is 0.549. The van der Waals surface area contributed by atoms with Crippen LogP contribution in [0, 0.1) is 0 Å². The maximum atomic E-state index is 2.40. The van der Waals surface area contributed by atoms with Gasteiger partial charge in [0.2, 0.25) is 0 Å². The number of hydrogen-bond donors (Lipinski definition) is 0. The van der Waals surface area contributed by atoms with Crippen molar-refractivity contribution < 1.29 is 0 Å². The third kappa shape index (κ3) is 3.53. The molecule has 0 saturated heterocycles. The highest BCUT2D eigenvalue weighted by Gasteiger charge is 2.08. The van der Waals surface area contributed by atoms with Gasteiger partial charge in [-0.2, -0.15) is 0 Å². The molecule has 14 heavy (non-hydrogen) atoms. The molecule has 78 valence electrons. The molecule has 0 unspecified atom stereocenters. The summed E-state index contributed by atoms with van der Waals surface area (Å²) in [6.45, 7) is 4.31. The van der Waals surface area contributed by atoms with Crippen molar-refractivity contribution in [1.29, 1.82) is 0 Å². The van der Waals surface area contributed by atoms with Gasteiger partial charge in [0, 0.05) is 0 Å². The second kappa shape index (κ2) is 6.64. The van der Waals surface area contributed by atoms with E-state index in [2.05, 4.69) is 38.2 Å². The van der Waals surface area contributed by atoms with Gasteiger partial charge in [0.1, 0.15) is 0 Å². The lowest BCUT2D eigenvalue weighted by Crippen LogP contribution is -1.86. The molecule has 0 aromatic carbocycles. The smallest absolute Gasteiger partial charge is 0.0276 e. The van der Waals surface area contributed by atoms with E-state index in [-0.39, 0.29) is 0 Å². The first kappa shape index (κ1) is 11.3. The van der Waals surface area contributed by atoms with Gasteiger partial charge < -0.3 is 0 Å². The Morgan fingerprint density at radius 2 is 1.79 bits per heavy atom. The van der Waals surface area contributed by atoms with Crippen LogP contribution in [-0.2, 0) is 0 Å². The normalized spacial score (nSPS) is 24.7. The van der Waals surface area contributed by atoms with Crippen LogP contribution in [0.5, 0.6) is 0 Å². The molecule has 0 spiro atoms. The van der Waals surface area contributed by atoms with Crippen molar-refractivity contribution in [2.24, 2.45) is 0 Å². The molecule has 0 heterocycles. The zero-order chi connectivity index (χ0) is 10.2. The van der Waals surface area contributed by atoms with Crippen LogP contribution in [0.1, 0.15) is 52.4 Å². The largest absolute Gasteiger partial charge is 0.0877 e. The highest BCUT2D eigenvalue weighted by Crippen LogP contribution is 2.27. The fraction of sp³-hybridized carbons (Fsp3) is 0.571. The molecule has 0 nitrogen and oxygen atoms in total. The molecule has 0 amide bonds. The Morgan fingerprint density at radius 1 is 1.07 bits per heavy atom. The molecular formula is C14H22. The van der Waals surface area contributed by atoms with Crippen molar-refractivity contribution in [3.63, 3.8) is 0 Å². The molecule has 1 saturated carbocycles. The van der Waals surface area contributed by atoms with E-state index in [1.54, 1.807) is 11.1 Å². The Balaban J connectivity index is 2.79. The van der Waals surface area contributed by atoms with Gasteiger partial charge in [0.15, 0.2) is 0 Å². The molecule has 0 N–H and O–H groups in total. The van der Waals surface area contributed by atoms with E-state index in [4.69, 9.17) is 0 Å². The fourth-order valence-corrected chi connectivity index (χ4v) is 2.01. The van der Waals surface area contributed by atoms with Gasteiger partial charge in [-0.25, -0.2) is 0 Å². The van der Waals surface area contributed by atoms with Crippen LogP contribution in [-0.4, -0.2) is 0 Å². The van der Waals surface area contributed by atoms with Gasteiger partial charge in [-0.05, 0) is 50.2 Å². The topological polar surface area (TPSA) is 0 Å². The Bertz CT molecular complexity index is 241. The van der Waals surface area contributed by atoms with Gasteiger partial charge in [-0.15, -0.1) is 0 Å². The van der Waals surface area contributed by atoms with Gasteiger partial charge >= 0.3 is 0 Å². The first-order valence-electron chi connectivity index (χ1n) is 5.89. The molecule has 1 rings (SSSR count). The lowest BCUT2D eigenvalue weighted by Gasteiger charge is -2.06. The van der Waals surface area contributed by atoms with E-state index in [1.165, 1.54) is 38.5 Å². The van der Waals surface area contributed by atoms with Gasteiger partial charge in [-0.1, -0.05) is 37.6 Å². The lowest BCUT2D eigenvalue weighted by atomic mass is 10.00. The van der Waals surface area contributed by atoms with Crippen molar-refractivity contribution in [1.82, 2.24) is 0 Å². The molecule has 0 aliphatic heterocycles. The van der Waals surface area contributed by atoms with Crippen molar-refractivity contribution >= 4 is 0 Å². The molecule has 0 bridgehead atoms. The van der Waals surface area contributed by atoms with Crippen LogP contribution >= 0.6 is 0 Å². The van der Waals surface area contributed by atoms with Crippen molar-refractivity contribution in [2.75, 3.05) is 0 Å². The Labute approximate surface area is 88.4 Å². The average molecular weight is 190 g/mol. The summed E-state index contributed by atoms with van der Waals surface area (Å²) in [5.41, 5.74) is 3.17. The molecule has 0 aromatic heterocycles. The summed E-state index contributed by atoms with van der Waals surface area (Å²) < 4.78 is 0. The molecule has 0 aromatic rings. The Kier molecular flexibility index (Phi) is 5.36. The molecule has 1 aliphatic carbocycles. The molecule has 1 aliphatic rings. The lowest BCUT2D eigenvalue weighted by molar-refractivity contribution is 0.719. The zero-order valence-corrected chi connectivity index (χ0v) is 9.55. The van der Waals surface area contributed by atoms with Gasteiger partial charge in [0.25, 0.3) is 0 Å². The summed E-state index contributed by atoms with van der Waals surface area (Å²) in [5.74, 6) is 0. The summed E-state index contributed by atoms with van der Waals surface area (Å²) in [5, 5.41) is 0. The van der Waals surface area contributed by atoms with Crippen LogP contribution in [0.2, 0.25) is 0 Å². The molecule has 0 atom stereocenters. The minimum Gasteiger partial charge on any atom is -0.0877 e. The average Bonchev–Trinajstić information content (AvgIpc) is 2.41. The number of rotatable bonds is 2. The highest BCUT2D eigenvalue weighted by molar-refractivity contribution is 5.34. The monoisotopic (exact) mass is 190 g/mol. The second-order valence-corrected chi connectivity index (χ2v) is 3.92. The first-order valence-corrected chi connectivity index (χ1v) is 5.89. The molecule has 0 heteroatoms. The van der Waals surface area contributed by atoms with Crippen LogP contribution < -0.4 is 0 Å². The summed E-state index contributed by atoms with van der Waals surface area (Å²) in [4.78, 5) is 0. The van der Waals surface area contributed by atoms with Gasteiger partial charge in [0.05, 0.1) is 0 Å². The van der Waals surface area contributed by atoms with E-state index < -0.39 is 0 Å². The standard InChI is InChI=1S/C14H22/c1-3-5-10-14-12-8-6-7-11-13(14)9-4-2/h3,5,9-10H,4,6-8,11-12H2,1-2H3/b5-3-,13-9-,14-10-. The summed E-state index contributed by atoms with van der Waals surface area (Å²) in [6.07, 6.45) is 16.9. The predicted octanol–water partition coefficient (Wildman–Crippen LogP) is 4.79. The molecule has 0 radical (unpaired) electrons. The molecular weight excluding hydrogens is 168 g/mol. The fourth-order valence-electron chi connectivity index (χ4n) is 2.01. The van der Waals surface area contributed by atoms with Crippen LogP contribution in [0.4, 0.5) is 0 Å². The molecule has 1 fully saturated rings. The number of allylic oxidation sites excluding steroid dienone is 6.